The summed E-state index contributed by atoms with van der Waals surface area (Å²) in [5.41, 5.74) is 6.57. The monoisotopic (exact) mass is 250 g/mol. The highest BCUT2D eigenvalue weighted by Crippen LogP contribution is 2.26. The maximum absolute atomic E-state index is 13.0. The van der Waals surface area contributed by atoms with Crippen molar-refractivity contribution >= 4 is 0 Å². The van der Waals surface area contributed by atoms with E-state index in [1.165, 1.54) is 24.3 Å². The summed E-state index contributed by atoms with van der Waals surface area (Å²) in [5.74, 6) is -0.122. The molecule has 18 heavy (non-hydrogen) atoms. The van der Waals surface area contributed by atoms with Crippen LogP contribution in [0, 0.1) is 18.6 Å². The second-order valence-corrected chi connectivity index (χ2v) is 3.83. The third kappa shape index (κ3) is 2.62. The summed E-state index contributed by atoms with van der Waals surface area (Å²) in [5, 5.41) is 0. The van der Waals surface area contributed by atoms with Crippen molar-refractivity contribution in [2.45, 2.75) is 13.5 Å². The van der Waals surface area contributed by atoms with E-state index < -0.39 is 5.82 Å². The lowest BCUT2D eigenvalue weighted by molar-refractivity contribution is 0.447. The molecule has 0 bridgehead atoms. The van der Waals surface area contributed by atoms with Crippen LogP contribution in [0.25, 0.3) is 0 Å². The molecule has 0 spiro atoms. The number of nitrogens with two attached hydrogens (primary N) is 1. The van der Waals surface area contributed by atoms with E-state index in [1.54, 1.807) is 6.92 Å². The molecule has 0 aliphatic rings. The van der Waals surface area contributed by atoms with Crippen LogP contribution in [0.4, 0.5) is 8.78 Å². The van der Waals surface area contributed by atoms with Crippen molar-refractivity contribution in [3.8, 4) is 11.6 Å². The van der Waals surface area contributed by atoms with Crippen LogP contribution in [0.3, 0.4) is 0 Å². The Morgan fingerprint density at radius 2 is 2.00 bits per heavy atom. The Kier molecular flexibility index (Phi) is 3.53. The molecule has 0 amide bonds. The molecule has 0 unspecified atom stereocenters. The minimum atomic E-state index is -0.473. The topological polar surface area (TPSA) is 48.1 Å². The van der Waals surface area contributed by atoms with Crippen LogP contribution < -0.4 is 10.5 Å². The van der Waals surface area contributed by atoms with Gasteiger partial charge in [-0.25, -0.2) is 13.8 Å². The van der Waals surface area contributed by atoms with Crippen molar-refractivity contribution in [3.63, 3.8) is 0 Å². The second kappa shape index (κ2) is 5.10. The Bertz CT molecular complexity index is 573. The van der Waals surface area contributed by atoms with Crippen molar-refractivity contribution in [2.24, 2.45) is 5.73 Å². The largest absolute Gasteiger partial charge is 0.438 e. The zero-order chi connectivity index (χ0) is 13.1. The number of ether oxygens (including phenoxy) is 1. The zero-order valence-corrected chi connectivity index (χ0v) is 9.78. The van der Waals surface area contributed by atoms with Crippen LogP contribution >= 0.6 is 0 Å². The number of hydrogen-bond donors (Lipinski definition) is 1. The number of nitrogens with zero attached hydrogens (tertiary/aromatic N) is 1. The molecule has 5 heteroatoms. The number of rotatable bonds is 3. The van der Waals surface area contributed by atoms with Gasteiger partial charge in [-0.05, 0) is 36.8 Å². The molecular weight excluding hydrogens is 238 g/mol. The van der Waals surface area contributed by atoms with Crippen LogP contribution in [-0.2, 0) is 6.54 Å². The minimum absolute atomic E-state index is 0.111. The molecule has 2 aromatic rings. The first-order valence-electron chi connectivity index (χ1n) is 5.38. The predicted molar refractivity (Wildman–Crippen MR) is 63.3 cm³/mol. The van der Waals surface area contributed by atoms with Gasteiger partial charge in [0.2, 0.25) is 5.88 Å². The van der Waals surface area contributed by atoms with Gasteiger partial charge in [0, 0.05) is 12.1 Å². The van der Waals surface area contributed by atoms with E-state index >= 15 is 0 Å². The van der Waals surface area contributed by atoms with Gasteiger partial charge in [-0.2, -0.15) is 0 Å². The van der Waals surface area contributed by atoms with E-state index in [9.17, 15) is 8.78 Å². The standard InChI is InChI=1S/C13H12F2N2O/c1-8-4-10(14)2-3-12(8)18-13-9(6-16)5-11(15)7-17-13/h2-5,7H,6,16H2,1H3. The molecule has 2 rings (SSSR count). The quantitative estimate of drug-likeness (QED) is 0.911. The number of halogens is 2. The Hall–Kier alpha value is -2.01. The first-order valence-corrected chi connectivity index (χ1v) is 5.38. The van der Waals surface area contributed by atoms with Gasteiger partial charge in [-0.3, -0.25) is 0 Å². The average molecular weight is 250 g/mol. The second-order valence-electron chi connectivity index (χ2n) is 3.83. The van der Waals surface area contributed by atoms with Gasteiger partial charge in [0.1, 0.15) is 17.4 Å². The smallest absolute Gasteiger partial charge is 0.223 e. The van der Waals surface area contributed by atoms with E-state index in [1.807, 2.05) is 0 Å². The van der Waals surface area contributed by atoms with Crippen LogP contribution in [0.1, 0.15) is 11.1 Å². The summed E-state index contributed by atoms with van der Waals surface area (Å²) >= 11 is 0. The first kappa shape index (κ1) is 12.4. The van der Waals surface area contributed by atoms with Gasteiger partial charge in [-0.1, -0.05) is 0 Å². The number of benzene rings is 1. The highest BCUT2D eigenvalue weighted by Gasteiger charge is 2.09. The average Bonchev–Trinajstić information content (AvgIpc) is 2.34. The maximum atomic E-state index is 13.0. The molecule has 0 fully saturated rings. The summed E-state index contributed by atoms with van der Waals surface area (Å²) in [4.78, 5) is 3.84. The van der Waals surface area contributed by atoms with Crippen LogP contribution in [0.5, 0.6) is 11.6 Å². The van der Waals surface area contributed by atoms with Gasteiger partial charge in [0.05, 0.1) is 6.20 Å². The van der Waals surface area contributed by atoms with Gasteiger partial charge in [0.25, 0.3) is 0 Å². The SMILES string of the molecule is Cc1cc(F)ccc1Oc1ncc(F)cc1CN. The molecule has 0 saturated heterocycles. The van der Waals surface area contributed by atoms with Gasteiger partial charge < -0.3 is 10.5 Å². The fraction of sp³-hybridized carbons (Fsp3) is 0.154. The minimum Gasteiger partial charge on any atom is -0.438 e. The van der Waals surface area contributed by atoms with E-state index in [0.29, 0.717) is 16.9 Å². The van der Waals surface area contributed by atoms with Crippen molar-refractivity contribution in [1.82, 2.24) is 4.98 Å². The first-order chi connectivity index (χ1) is 8.60. The molecule has 0 aliphatic heterocycles. The Labute approximate surface area is 103 Å². The molecule has 3 nitrogen and oxygen atoms in total. The predicted octanol–water partition coefficient (Wildman–Crippen LogP) is 2.92. The van der Waals surface area contributed by atoms with Gasteiger partial charge in [-0.15, -0.1) is 0 Å². The highest BCUT2D eigenvalue weighted by atomic mass is 19.1. The van der Waals surface area contributed by atoms with E-state index in [2.05, 4.69) is 4.98 Å². The lowest BCUT2D eigenvalue weighted by Crippen LogP contribution is -2.02. The fourth-order valence-electron chi connectivity index (χ4n) is 1.54. The molecule has 0 saturated carbocycles. The molecule has 94 valence electrons. The molecule has 2 N–H and O–H groups in total. The van der Waals surface area contributed by atoms with Crippen molar-refractivity contribution in [3.05, 3.63) is 53.2 Å². The maximum Gasteiger partial charge on any atom is 0.223 e. The summed E-state index contributed by atoms with van der Waals surface area (Å²) in [6.45, 7) is 1.82. The third-order valence-electron chi connectivity index (χ3n) is 2.46. The van der Waals surface area contributed by atoms with E-state index in [4.69, 9.17) is 10.5 Å². The van der Waals surface area contributed by atoms with E-state index in [-0.39, 0.29) is 18.2 Å². The normalized spacial score (nSPS) is 10.4. The lowest BCUT2D eigenvalue weighted by atomic mass is 10.2. The molecule has 0 radical (unpaired) electrons. The van der Waals surface area contributed by atoms with Crippen LogP contribution in [0.2, 0.25) is 0 Å². The number of aromatic nitrogens is 1. The highest BCUT2D eigenvalue weighted by molar-refractivity contribution is 5.37. The Morgan fingerprint density at radius 3 is 2.67 bits per heavy atom. The number of hydrogen-bond acceptors (Lipinski definition) is 3. The van der Waals surface area contributed by atoms with Crippen LogP contribution in [0.15, 0.2) is 30.5 Å². The van der Waals surface area contributed by atoms with Crippen molar-refractivity contribution in [1.29, 1.82) is 0 Å². The molecule has 1 aromatic heterocycles. The zero-order valence-electron chi connectivity index (χ0n) is 9.78. The van der Waals surface area contributed by atoms with Crippen molar-refractivity contribution in [2.75, 3.05) is 0 Å². The summed E-state index contributed by atoms with van der Waals surface area (Å²) in [6, 6.07) is 5.39. The van der Waals surface area contributed by atoms with Gasteiger partial charge >= 0.3 is 0 Å². The number of aryl methyl sites for hydroxylation is 1. The molecule has 0 aliphatic carbocycles. The summed E-state index contributed by atoms with van der Waals surface area (Å²) < 4.78 is 31.4. The van der Waals surface area contributed by atoms with E-state index in [0.717, 1.165) is 6.20 Å². The van der Waals surface area contributed by atoms with Crippen molar-refractivity contribution < 1.29 is 13.5 Å². The summed E-state index contributed by atoms with van der Waals surface area (Å²) in [7, 11) is 0. The summed E-state index contributed by atoms with van der Waals surface area (Å²) in [6.07, 6.45) is 1.05. The molecular formula is C13H12F2N2O. The van der Waals surface area contributed by atoms with Crippen LogP contribution in [-0.4, -0.2) is 4.98 Å². The van der Waals surface area contributed by atoms with Gasteiger partial charge in [0.15, 0.2) is 0 Å². The number of pyridine rings is 1. The Morgan fingerprint density at radius 1 is 1.22 bits per heavy atom. The molecule has 1 aromatic carbocycles. The Balaban J connectivity index is 2.33. The lowest BCUT2D eigenvalue weighted by Gasteiger charge is -2.10. The third-order valence-corrected chi connectivity index (χ3v) is 2.46. The fourth-order valence-corrected chi connectivity index (χ4v) is 1.54. The molecule has 1 heterocycles. The molecule has 0 atom stereocenters.